The van der Waals surface area contributed by atoms with Gasteiger partial charge in [-0.2, -0.15) is 0 Å². The van der Waals surface area contributed by atoms with Crippen molar-refractivity contribution < 1.29 is 0 Å². The van der Waals surface area contributed by atoms with Crippen LogP contribution in [0.5, 0.6) is 0 Å². The Hall–Kier alpha value is -2.80. The van der Waals surface area contributed by atoms with Crippen LogP contribution in [0.1, 0.15) is 54.5 Å². The van der Waals surface area contributed by atoms with E-state index in [2.05, 4.69) is 111 Å². The average Bonchev–Trinajstić information content (AvgIpc) is 2.73. The lowest BCUT2D eigenvalue weighted by molar-refractivity contribution is 0.745. The molecule has 0 aliphatic rings. The Morgan fingerprint density at radius 2 is 1.45 bits per heavy atom. The van der Waals surface area contributed by atoms with Crippen molar-refractivity contribution in [2.24, 2.45) is 0 Å². The zero-order chi connectivity index (χ0) is 20.6. The first-order valence-electron chi connectivity index (χ1n) is 10.8. The van der Waals surface area contributed by atoms with Gasteiger partial charge < -0.3 is 4.90 Å². The van der Waals surface area contributed by atoms with Crippen LogP contribution in [0.15, 0.2) is 72.8 Å². The van der Waals surface area contributed by atoms with Gasteiger partial charge >= 0.3 is 0 Å². The number of hydrogen-bond donors (Lipinski definition) is 0. The van der Waals surface area contributed by atoms with Gasteiger partial charge in [0.25, 0.3) is 0 Å². The van der Waals surface area contributed by atoms with Gasteiger partial charge in [-0.3, -0.25) is 0 Å². The predicted molar refractivity (Wildman–Crippen MR) is 129 cm³/mol. The van der Waals surface area contributed by atoms with Gasteiger partial charge in [0.1, 0.15) is 0 Å². The summed E-state index contributed by atoms with van der Waals surface area (Å²) in [6.07, 6.45) is 4.65. The highest BCUT2D eigenvalue weighted by atomic mass is 15.1. The number of rotatable bonds is 8. The van der Waals surface area contributed by atoms with Crippen LogP contribution in [0.2, 0.25) is 0 Å². The summed E-state index contributed by atoms with van der Waals surface area (Å²) in [6.45, 7) is 11.1. The molecule has 0 heterocycles. The van der Waals surface area contributed by atoms with Crippen molar-refractivity contribution in [2.75, 3.05) is 18.0 Å². The lowest BCUT2D eigenvalue weighted by atomic mass is 9.91. The second-order valence-corrected chi connectivity index (χ2v) is 7.82. The fourth-order valence-electron chi connectivity index (χ4n) is 3.91. The topological polar surface area (TPSA) is 3.24 Å². The summed E-state index contributed by atoms with van der Waals surface area (Å²) in [5, 5.41) is 0. The lowest BCUT2D eigenvalue weighted by Crippen LogP contribution is -2.24. The number of aryl methyl sites for hydroxylation is 2. The molecular formula is C28H33N. The van der Waals surface area contributed by atoms with Gasteiger partial charge in [-0.05, 0) is 72.7 Å². The normalized spacial score (nSPS) is 11.5. The van der Waals surface area contributed by atoms with Gasteiger partial charge in [0, 0.05) is 18.8 Å². The Labute approximate surface area is 176 Å². The second kappa shape index (κ2) is 10.1. The fraction of sp³-hybridized carbons (Fsp3) is 0.286. The zero-order valence-corrected chi connectivity index (χ0v) is 18.3. The van der Waals surface area contributed by atoms with E-state index in [1.807, 2.05) is 0 Å². The van der Waals surface area contributed by atoms with E-state index in [1.165, 1.54) is 51.9 Å². The highest BCUT2D eigenvalue weighted by Crippen LogP contribution is 2.30. The van der Waals surface area contributed by atoms with Crippen LogP contribution in [0.25, 0.3) is 11.6 Å². The number of benzene rings is 3. The Bertz CT molecular complexity index is 930. The Balaban J connectivity index is 2.03. The molecule has 0 fully saturated rings. The molecule has 0 saturated carbocycles. The van der Waals surface area contributed by atoms with Crippen LogP contribution >= 0.6 is 0 Å². The number of hydrogen-bond acceptors (Lipinski definition) is 1. The smallest absolute Gasteiger partial charge is 0.0366 e. The van der Waals surface area contributed by atoms with Crippen molar-refractivity contribution in [3.05, 3.63) is 101 Å². The number of anilines is 1. The SMILES string of the molecule is CCCN(CCC)c1ccc(C(=Cc2ccccc2)c2ccc(C)cc2C)cc1. The molecule has 1 nitrogen and oxygen atoms in total. The van der Waals surface area contributed by atoms with E-state index >= 15 is 0 Å². The second-order valence-electron chi connectivity index (χ2n) is 7.82. The van der Waals surface area contributed by atoms with E-state index in [1.54, 1.807) is 0 Å². The molecule has 0 amide bonds. The molecule has 150 valence electrons. The van der Waals surface area contributed by atoms with Crippen LogP contribution in [-0.4, -0.2) is 13.1 Å². The molecule has 1 heteroatoms. The number of nitrogens with zero attached hydrogens (tertiary/aromatic N) is 1. The molecule has 0 unspecified atom stereocenters. The lowest BCUT2D eigenvalue weighted by Gasteiger charge is -2.24. The maximum Gasteiger partial charge on any atom is 0.0366 e. The quantitative estimate of drug-likeness (QED) is 0.364. The molecular weight excluding hydrogens is 350 g/mol. The Morgan fingerprint density at radius 1 is 0.793 bits per heavy atom. The van der Waals surface area contributed by atoms with Crippen LogP contribution in [0.4, 0.5) is 5.69 Å². The van der Waals surface area contributed by atoms with Gasteiger partial charge in [0.2, 0.25) is 0 Å². The van der Waals surface area contributed by atoms with Crippen molar-refractivity contribution in [3.8, 4) is 0 Å². The van der Waals surface area contributed by atoms with Crippen molar-refractivity contribution in [1.29, 1.82) is 0 Å². The molecule has 3 aromatic rings. The van der Waals surface area contributed by atoms with E-state index in [4.69, 9.17) is 0 Å². The van der Waals surface area contributed by atoms with E-state index in [-0.39, 0.29) is 0 Å². The molecule has 0 aromatic heterocycles. The molecule has 0 atom stereocenters. The third-order valence-electron chi connectivity index (χ3n) is 5.31. The summed E-state index contributed by atoms with van der Waals surface area (Å²) in [4.78, 5) is 2.49. The van der Waals surface area contributed by atoms with E-state index in [0.717, 1.165) is 13.1 Å². The summed E-state index contributed by atoms with van der Waals surface area (Å²) in [7, 11) is 0. The van der Waals surface area contributed by atoms with Crippen molar-refractivity contribution in [2.45, 2.75) is 40.5 Å². The molecule has 0 radical (unpaired) electrons. The summed E-state index contributed by atoms with van der Waals surface area (Å²) >= 11 is 0. The van der Waals surface area contributed by atoms with Crippen molar-refractivity contribution in [3.63, 3.8) is 0 Å². The molecule has 0 saturated heterocycles. The summed E-state index contributed by atoms with van der Waals surface area (Å²) in [6, 6.07) is 26.5. The first-order chi connectivity index (χ1) is 14.1. The minimum Gasteiger partial charge on any atom is -0.372 e. The van der Waals surface area contributed by atoms with Gasteiger partial charge in [0.05, 0.1) is 0 Å². The molecule has 3 rings (SSSR count). The third kappa shape index (κ3) is 5.38. The maximum atomic E-state index is 2.49. The monoisotopic (exact) mass is 383 g/mol. The molecule has 29 heavy (non-hydrogen) atoms. The predicted octanol–water partition coefficient (Wildman–Crippen LogP) is 7.52. The van der Waals surface area contributed by atoms with Crippen molar-refractivity contribution in [1.82, 2.24) is 0 Å². The summed E-state index contributed by atoms with van der Waals surface area (Å²) in [5.74, 6) is 0. The standard InChI is InChI=1S/C28H33N/c1-5-18-29(19-6-2)26-15-13-25(14-16-26)28(21-24-10-8-7-9-11-24)27-17-12-22(3)20-23(27)4/h7-17,20-21H,5-6,18-19H2,1-4H3. The van der Waals surface area contributed by atoms with Gasteiger partial charge in [-0.25, -0.2) is 0 Å². The maximum absolute atomic E-state index is 2.49. The summed E-state index contributed by atoms with van der Waals surface area (Å²) < 4.78 is 0. The van der Waals surface area contributed by atoms with E-state index in [9.17, 15) is 0 Å². The minimum atomic E-state index is 1.11. The van der Waals surface area contributed by atoms with Gasteiger partial charge in [-0.1, -0.05) is 80.1 Å². The Kier molecular flexibility index (Phi) is 7.30. The zero-order valence-electron chi connectivity index (χ0n) is 18.3. The fourth-order valence-corrected chi connectivity index (χ4v) is 3.91. The highest BCUT2D eigenvalue weighted by Gasteiger charge is 2.10. The van der Waals surface area contributed by atoms with Crippen LogP contribution < -0.4 is 4.90 Å². The van der Waals surface area contributed by atoms with E-state index < -0.39 is 0 Å². The van der Waals surface area contributed by atoms with Crippen LogP contribution in [0.3, 0.4) is 0 Å². The first kappa shape index (κ1) is 20.9. The van der Waals surface area contributed by atoms with Gasteiger partial charge in [-0.15, -0.1) is 0 Å². The average molecular weight is 384 g/mol. The molecule has 3 aromatic carbocycles. The van der Waals surface area contributed by atoms with Crippen LogP contribution in [-0.2, 0) is 0 Å². The van der Waals surface area contributed by atoms with Crippen molar-refractivity contribution >= 4 is 17.3 Å². The largest absolute Gasteiger partial charge is 0.372 e. The first-order valence-corrected chi connectivity index (χ1v) is 10.8. The van der Waals surface area contributed by atoms with E-state index in [0.29, 0.717) is 0 Å². The Morgan fingerprint density at radius 3 is 2.03 bits per heavy atom. The van der Waals surface area contributed by atoms with Crippen LogP contribution in [0, 0.1) is 13.8 Å². The molecule has 0 aliphatic heterocycles. The molecule has 0 aliphatic carbocycles. The third-order valence-corrected chi connectivity index (χ3v) is 5.31. The molecule has 0 bridgehead atoms. The molecule has 0 spiro atoms. The van der Waals surface area contributed by atoms with Gasteiger partial charge in [0.15, 0.2) is 0 Å². The summed E-state index contributed by atoms with van der Waals surface area (Å²) in [5.41, 5.74) is 8.99. The highest BCUT2D eigenvalue weighted by molar-refractivity contribution is 5.92. The molecule has 0 N–H and O–H groups in total. The minimum absolute atomic E-state index is 1.11.